The van der Waals surface area contributed by atoms with Gasteiger partial charge in [0.15, 0.2) is 6.29 Å². The van der Waals surface area contributed by atoms with Crippen molar-refractivity contribution in [2.45, 2.75) is 12.8 Å². The Bertz CT molecular complexity index is 164. The minimum absolute atomic E-state index is 0.353. The summed E-state index contributed by atoms with van der Waals surface area (Å²) in [6.45, 7) is 0. The van der Waals surface area contributed by atoms with Gasteiger partial charge in [-0.1, -0.05) is 0 Å². The normalized spacial score (nSPS) is 10.9. The summed E-state index contributed by atoms with van der Waals surface area (Å²) in [5.74, 6) is 0. The molecule has 0 aromatic carbocycles. The van der Waals surface area contributed by atoms with E-state index in [-0.39, 0.29) is 0 Å². The number of carbonyl (C=O) groups is 2. The molecule has 0 bridgehead atoms. The van der Waals surface area contributed by atoms with E-state index in [9.17, 15) is 9.59 Å². The van der Waals surface area contributed by atoms with Crippen LogP contribution >= 0.6 is 0 Å². The first-order chi connectivity index (χ1) is 5.20. The molecular formula is C7H12N2O2. The molecular weight excluding hydrogens is 144 g/mol. The van der Waals surface area contributed by atoms with Gasteiger partial charge in [0.25, 0.3) is 0 Å². The molecule has 11 heavy (non-hydrogen) atoms. The second-order valence-corrected chi connectivity index (χ2v) is 2.26. The molecule has 0 atom stereocenters. The molecule has 0 unspecified atom stereocenters. The van der Waals surface area contributed by atoms with E-state index >= 15 is 0 Å². The molecule has 0 aliphatic rings. The second kappa shape index (κ2) is 5.58. The van der Waals surface area contributed by atoms with Crippen LogP contribution in [0.15, 0.2) is 5.10 Å². The Labute approximate surface area is 65.9 Å². The highest BCUT2D eigenvalue weighted by Gasteiger charge is 1.96. The average molecular weight is 156 g/mol. The summed E-state index contributed by atoms with van der Waals surface area (Å²) in [5, 5.41) is 5.39. The van der Waals surface area contributed by atoms with Gasteiger partial charge < -0.3 is 9.80 Å². The van der Waals surface area contributed by atoms with Crippen LogP contribution in [0.3, 0.4) is 0 Å². The second-order valence-electron chi connectivity index (χ2n) is 2.26. The lowest BCUT2D eigenvalue weighted by molar-refractivity contribution is -0.107. The van der Waals surface area contributed by atoms with Gasteiger partial charge in [-0.3, -0.25) is 4.79 Å². The van der Waals surface area contributed by atoms with Crippen LogP contribution in [-0.4, -0.2) is 37.4 Å². The Balaban J connectivity index is 3.93. The Hall–Kier alpha value is -1.19. The van der Waals surface area contributed by atoms with Crippen LogP contribution in [0.1, 0.15) is 12.8 Å². The van der Waals surface area contributed by atoms with Gasteiger partial charge in [0, 0.05) is 26.9 Å². The van der Waals surface area contributed by atoms with Crippen molar-refractivity contribution in [3.63, 3.8) is 0 Å². The van der Waals surface area contributed by atoms with Crippen LogP contribution in [0.25, 0.3) is 0 Å². The number of carbonyl (C=O) groups excluding carboxylic acids is 2. The van der Waals surface area contributed by atoms with Crippen molar-refractivity contribution < 1.29 is 9.59 Å². The maximum absolute atomic E-state index is 10.3. The third-order valence-electron chi connectivity index (χ3n) is 0.983. The van der Waals surface area contributed by atoms with Gasteiger partial charge in [-0.2, -0.15) is 5.10 Å². The average Bonchev–Trinajstić information content (AvgIpc) is 1.97. The van der Waals surface area contributed by atoms with Crippen molar-refractivity contribution in [3.05, 3.63) is 0 Å². The highest BCUT2D eigenvalue weighted by atomic mass is 16.1. The van der Waals surface area contributed by atoms with Gasteiger partial charge in [0.05, 0.1) is 0 Å². The summed E-state index contributed by atoms with van der Waals surface area (Å²) in [6.07, 6.45) is 2.22. The summed E-state index contributed by atoms with van der Waals surface area (Å²) < 4.78 is 0. The van der Waals surface area contributed by atoms with Gasteiger partial charge in [-0.05, 0) is 0 Å². The molecule has 0 spiro atoms. The van der Waals surface area contributed by atoms with Crippen molar-refractivity contribution in [1.82, 2.24) is 5.01 Å². The van der Waals surface area contributed by atoms with Crippen LogP contribution < -0.4 is 0 Å². The number of hydrogen-bond donors (Lipinski definition) is 0. The van der Waals surface area contributed by atoms with E-state index in [4.69, 9.17) is 0 Å². The third-order valence-corrected chi connectivity index (χ3v) is 0.983. The standard InChI is InChI=1S/C7H12N2O2/c1-9(2)8-7(6-11)4-3-5-10/h5-6H,3-4H2,1-2H3/b8-7+. The lowest BCUT2D eigenvalue weighted by Crippen LogP contribution is -2.10. The molecule has 0 saturated heterocycles. The molecule has 0 fully saturated rings. The van der Waals surface area contributed by atoms with Crippen LogP contribution in [0.2, 0.25) is 0 Å². The summed E-state index contributed by atoms with van der Waals surface area (Å²) >= 11 is 0. The summed E-state index contributed by atoms with van der Waals surface area (Å²) in [6, 6.07) is 0. The van der Waals surface area contributed by atoms with Crippen LogP contribution in [0, 0.1) is 0 Å². The lowest BCUT2D eigenvalue weighted by Gasteiger charge is -2.04. The Morgan fingerprint density at radius 2 is 2.09 bits per heavy atom. The first-order valence-electron chi connectivity index (χ1n) is 3.34. The number of nitrogens with zero attached hydrogens (tertiary/aromatic N) is 2. The Morgan fingerprint density at radius 3 is 2.45 bits per heavy atom. The van der Waals surface area contributed by atoms with Gasteiger partial charge in [0.2, 0.25) is 0 Å². The molecule has 0 aromatic heterocycles. The van der Waals surface area contributed by atoms with E-state index in [1.165, 1.54) is 5.01 Å². The van der Waals surface area contributed by atoms with Gasteiger partial charge in [-0.25, -0.2) is 0 Å². The number of aldehydes is 2. The fraction of sp³-hybridized carbons (Fsp3) is 0.571. The number of hydrazone groups is 1. The van der Waals surface area contributed by atoms with E-state index in [1.807, 2.05) is 0 Å². The van der Waals surface area contributed by atoms with Crippen molar-refractivity contribution in [2.24, 2.45) is 5.10 Å². The highest BCUT2D eigenvalue weighted by Crippen LogP contribution is 1.89. The smallest absolute Gasteiger partial charge is 0.166 e. The molecule has 0 amide bonds. The van der Waals surface area contributed by atoms with Crippen molar-refractivity contribution in [2.75, 3.05) is 14.1 Å². The van der Waals surface area contributed by atoms with Crippen LogP contribution in [0.4, 0.5) is 0 Å². The highest BCUT2D eigenvalue weighted by molar-refractivity contribution is 6.28. The predicted octanol–water partition coefficient (Wildman–Crippen LogP) is 0.0820. The van der Waals surface area contributed by atoms with Crippen LogP contribution in [-0.2, 0) is 9.59 Å². The van der Waals surface area contributed by atoms with Crippen LogP contribution in [0.5, 0.6) is 0 Å². The molecule has 0 aromatic rings. The fourth-order valence-corrected chi connectivity index (χ4v) is 0.596. The predicted molar refractivity (Wildman–Crippen MR) is 42.5 cm³/mol. The molecule has 0 heterocycles. The maximum atomic E-state index is 10.3. The zero-order valence-electron chi connectivity index (χ0n) is 6.78. The minimum Gasteiger partial charge on any atom is -0.303 e. The van der Waals surface area contributed by atoms with E-state index in [1.54, 1.807) is 14.1 Å². The van der Waals surface area contributed by atoms with Crippen molar-refractivity contribution in [3.8, 4) is 0 Å². The van der Waals surface area contributed by atoms with Gasteiger partial charge >= 0.3 is 0 Å². The maximum Gasteiger partial charge on any atom is 0.166 e. The first kappa shape index (κ1) is 9.81. The summed E-state index contributed by atoms with van der Waals surface area (Å²) in [7, 11) is 3.45. The molecule has 0 aliphatic heterocycles. The minimum atomic E-state index is 0.353. The fourth-order valence-electron chi connectivity index (χ4n) is 0.596. The Morgan fingerprint density at radius 1 is 1.45 bits per heavy atom. The monoisotopic (exact) mass is 156 g/mol. The quantitative estimate of drug-likeness (QED) is 0.322. The Kier molecular flexibility index (Phi) is 4.98. The first-order valence-corrected chi connectivity index (χ1v) is 3.34. The zero-order chi connectivity index (χ0) is 8.69. The van der Waals surface area contributed by atoms with Gasteiger partial charge in [0.1, 0.15) is 12.0 Å². The van der Waals surface area contributed by atoms with Crippen molar-refractivity contribution in [1.29, 1.82) is 0 Å². The van der Waals surface area contributed by atoms with E-state index in [2.05, 4.69) is 5.10 Å². The van der Waals surface area contributed by atoms with Crippen molar-refractivity contribution >= 4 is 18.3 Å². The topological polar surface area (TPSA) is 49.7 Å². The molecule has 4 heteroatoms. The molecule has 0 N–H and O–H groups in total. The summed E-state index contributed by atoms with van der Waals surface area (Å²) in [5.41, 5.74) is 0.405. The molecule has 62 valence electrons. The molecule has 0 rings (SSSR count). The molecule has 0 saturated carbocycles. The largest absolute Gasteiger partial charge is 0.303 e. The summed E-state index contributed by atoms with van der Waals surface area (Å²) in [4.78, 5) is 20.2. The molecule has 4 nitrogen and oxygen atoms in total. The van der Waals surface area contributed by atoms with E-state index < -0.39 is 0 Å². The number of hydrogen-bond acceptors (Lipinski definition) is 4. The third kappa shape index (κ3) is 5.26. The van der Waals surface area contributed by atoms with Gasteiger partial charge in [-0.15, -0.1) is 0 Å². The molecule has 0 radical (unpaired) electrons. The van der Waals surface area contributed by atoms with E-state index in [0.29, 0.717) is 24.8 Å². The lowest BCUT2D eigenvalue weighted by atomic mass is 10.2. The molecule has 0 aliphatic carbocycles. The van der Waals surface area contributed by atoms with E-state index in [0.717, 1.165) is 6.29 Å². The SMILES string of the molecule is CN(C)/N=C(/C=O)CCC=O. The zero-order valence-corrected chi connectivity index (χ0v) is 6.78. The number of rotatable bonds is 5.